The van der Waals surface area contributed by atoms with E-state index in [2.05, 4.69) is 11.4 Å². The summed E-state index contributed by atoms with van der Waals surface area (Å²) < 4.78 is 6.36. The van der Waals surface area contributed by atoms with E-state index in [1.165, 1.54) is 31.2 Å². The fourth-order valence-corrected chi connectivity index (χ4v) is 3.74. The first kappa shape index (κ1) is 12.3. The average Bonchev–Trinajstić information content (AvgIpc) is 2.70. The molecule has 1 saturated carbocycles. The van der Waals surface area contributed by atoms with Crippen LogP contribution in [-0.2, 0) is 6.42 Å². The maximum Gasteiger partial charge on any atom is 0.123 e. The molecule has 0 bridgehead atoms. The van der Waals surface area contributed by atoms with Crippen molar-refractivity contribution in [3.63, 3.8) is 0 Å². The minimum atomic E-state index is 0.0221. The van der Waals surface area contributed by atoms with Crippen LogP contribution >= 0.6 is 11.6 Å². The van der Waals surface area contributed by atoms with Crippen LogP contribution in [0.1, 0.15) is 31.2 Å². The third kappa shape index (κ3) is 2.02. The minimum Gasteiger partial charge on any atom is -0.486 e. The lowest BCUT2D eigenvalue weighted by Crippen LogP contribution is -2.48. The van der Waals surface area contributed by atoms with Gasteiger partial charge in [-0.3, -0.25) is 0 Å². The van der Waals surface area contributed by atoms with E-state index in [9.17, 15) is 0 Å². The lowest BCUT2D eigenvalue weighted by atomic mass is 9.73. The molecule has 18 heavy (non-hydrogen) atoms. The van der Waals surface area contributed by atoms with Gasteiger partial charge < -0.3 is 10.1 Å². The normalized spacial score (nSPS) is 30.2. The highest BCUT2D eigenvalue weighted by Crippen LogP contribution is 2.46. The molecule has 0 radical (unpaired) electrons. The molecule has 0 saturated heterocycles. The lowest BCUT2D eigenvalue weighted by molar-refractivity contribution is -0.00381. The van der Waals surface area contributed by atoms with E-state index in [0.29, 0.717) is 5.92 Å². The first-order valence-electron chi connectivity index (χ1n) is 6.85. The Morgan fingerprint density at radius 2 is 2.33 bits per heavy atom. The van der Waals surface area contributed by atoms with Gasteiger partial charge in [-0.15, -0.1) is 0 Å². The second-order valence-corrected chi connectivity index (χ2v) is 6.03. The van der Waals surface area contributed by atoms with Crippen molar-refractivity contribution in [2.24, 2.45) is 5.92 Å². The van der Waals surface area contributed by atoms with Gasteiger partial charge in [0.25, 0.3) is 0 Å². The van der Waals surface area contributed by atoms with Gasteiger partial charge in [-0.2, -0.15) is 0 Å². The van der Waals surface area contributed by atoms with Crippen molar-refractivity contribution >= 4 is 11.6 Å². The summed E-state index contributed by atoms with van der Waals surface area (Å²) >= 11 is 6.08. The standard InChI is InChI=1S/C15H20ClNO/c1-17-10-12-4-2-3-7-15(12)9-11-8-13(16)5-6-14(11)18-15/h5-6,8,12,17H,2-4,7,9-10H2,1H3/t12-,15+/m1/s1. The summed E-state index contributed by atoms with van der Waals surface area (Å²) in [7, 11) is 2.03. The third-order valence-corrected chi connectivity index (χ3v) is 4.66. The number of hydrogen-bond acceptors (Lipinski definition) is 2. The van der Waals surface area contributed by atoms with Crippen LogP contribution in [0, 0.1) is 5.92 Å². The number of benzene rings is 1. The summed E-state index contributed by atoms with van der Waals surface area (Å²) in [6.45, 7) is 1.04. The maximum absolute atomic E-state index is 6.36. The third-order valence-electron chi connectivity index (χ3n) is 4.42. The molecule has 1 aliphatic heterocycles. The lowest BCUT2D eigenvalue weighted by Gasteiger charge is -2.40. The van der Waals surface area contributed by atoms with Gasteiger partial charge in [-0.1, -0.05) is 18.0 Å². The van der Waals surface area contributed by atoms with Crippen LogP contribution < -0.4 is 10.1 Å². The van der Waals surface area contributed by atoms with E-state index in [1.54, 1.807) is 0 Å². The Labute approximate surface area is 114 Å². The molecule has 1 heterocycles. The zero-order valence-electron chi connectivity index (χ0n) is 10.8. The van der Waals surface area contributed by atoms with Crippen molar-refractivity contribution in [1.29, 1.82) is 0 Å². The van der Waals surface area contributed by atoms with Gasteiger partial charge in [0, 0.05) is 23.9 Å². The Balaban J connectivity index is 1.88. The van der Waals surface area contributed by atoms with E-state index in [-0.39, 0.29) is 5.60 Å². The van der Waals surface area contributed by atoms with Crippen molar-refractivity contribution in [1.82, 2.24) is 5.32 Å². The highest BCUT2D eigenvalue weighted by Gasteiger charge is 2.46. The van der Waals surface area contributed by atoms with Crippen LogP contribution in [0.4, 0.5) is 0 Å². The van der Waals surface area contributed by atoms with Crippen LogP contribution in [0.2, 0.25) is 5.02 Å². The summed E-state index contributed by atoms with van der Waals surface area (Å²) in [5.74, 6) is 1.66. The molecule has 1 aromatic rings. The fourth-order valence-electron chi connectivity index (χ4n) is 3.55. The molecule has 0 aromatic heterocycles. The zero-order chi connectivity index (χ0) is 12.6. The zero-order valence-corrected chi connectivity index (χ0v) is 11.6. The van der Waals surface area contributed by atoms with Crippen LogP contribution in [-0.4, -0.2) is 19.2 Å². The smallest absolute Gasteiger partial charge is 0.123 e. The van der Waals surface area contributed by atoms with Crippen LogP contribution in [0.3, 0.4) is 0 Å². The van der Waals surface area contributed by atoms with Crippen molar-refractivity contribution < 1.29 is 4.74 Å². The molecule has 2 atom stereocenters. The summed E-state index contributed by atoms with van der Waals surface area (Å²) in [5, 5.41) is 4.14. The van der Waals surface area contributed by atoms with Crippen LogP contribution in [0.25, 0.3) is 0 Å². The van der Waals surface area contributed by atoms with Crippen molar-refractivity contribution in [2.45, 2.75) is 37.7 Å². The van der Waals surface area contributed by atoms with Gasteiger partial charge in [-0.25, -0.2) is 0 Å². The molecule has 2 aliphatic rings. The minimum absolute atomic E-state index is 0.0221. The van der Waals surface area contributed by atoms with Crippen LogP contribution in [0.15, 0.2) is 18.2 Å². The molecule has 2 nitrogen and oxygen atoms in total. The number of rotatable bonds is 2. The molecular formula is C15H20ClNO. The van der Waals surface area contributed by atoms with Gasteiger partial charge >= 0.3 is 0 Å². The quantitative estimate of drug-likeness (QED) is 0.885. The number of nitrogens with one attached hydrogen (secondary N) is 1. The Morgan fingerprint density at radius 1 is 1.44 bits per heavy atom. The molecule has 0 amide bonds. The van der Waals surface area contributed by atoms with E-state index in [4.69, 9.17) is 16.3 Å². The highest BCUT2D eigenvalue weighted by atomic mass is 35.5. The molecule has 98 valence electrons. The fraction of sp³-hybridized carbons (Fsp3) is 0.600. The molecule has 1 fully saturated rings. The Hall–Kier alpha value is -0.730. The summed E-state index contributed by atoms with van der Waals surface area (Å²) in [6.07, 6.45) is 6.07. The number of fused-ring (bicyclic) bond motifs is 1. The van der Waals surface area contributed by atoms with Gasteiger partial charge in [-0.05, 0) is 50.1 Å². The predicted octanol–water partition coefficient (Wildman–Crippen LogP) is 3.42. The Kier molecular flexibility index (Phi) is 3.25. The van der Waals surface area contributed by atoms with Crippen molar-refractivity contribution in [3.8, 4) is 5.75 Å². The van der Waals surface area contributed by atoms with E-state index < -0.39 is 0 Å². The number of halogens is 1. The molecule has 3 rings (SSSR count). The molecule has 1 N–H and O–H groups in total. The largest absolute Gasteiger partial charge is 0.486 e. The van der Waals surface area contributed by atoms with Crippen molar-refractivity contribution in [3.05, 3.63) is 28.8 Å². The monoisotopic (exact) mass is 265 g/mol. The molecule has 0 unspecified atom stereocenters. The maximum atomic E-state index is 6.36. The summed E-state index contributed by atoms with van der Waals surface area (Å²) in [6, 6.07) is 6.02. The SMILES string of the molecule is CNC[C@H]1CCCC[C@]12Cc1cc(Cl)ccc1O2. The van der Waals surface area contributed by atoms with Gasteiger partial charge in [0.05, 0.1) is 0 Å². The van der Waals surface area contributed by atoms with Gasteiger partial charge in [0.15, 0.2) is 0 Å². The van der Waals surface area contributed by atoms with Gasteiger partial charge in [0.1, 0.15) is 11.4 Å². The molecule has 1 aliphatic carbocycles. The summed E-state index contributed by atoms with van der Waals surface area (Å²) in [5.41, 5.74) is 1.30. The first-order valence-corrected chi connectivity index (χ1v) is 7.23. The number of hydrogen-bond donors (Lipinski definition) is 1. The molecule has 1 spiro atoms. The topological polar surface area (TPSA) is 21.3 Å². The Bertz CT molecular complexity index is 446. The second kappa shape index (κ2) is 4.75. The average molecular weight is 266 g/mol. The van der Waals surface area contributed by atoms with E-state index in [0.717, 1.165) is 23.7 Å². The number of ether oxygens (including phenoxy) is 1. The first-order chi connectivity index (χ1) is 8.73. The van der Waals surface area contributed by atoms with Crippen LogP contribution in [0.5, 0.6) is 5.75 Å². The second-order valence-electron chi connectivity index (χ2n) is 5.60. The molecule has 3 heteroatoms. The van der Waals surface area contributed by atoms with E-state index >= 15 is 0 Å². The van der Waals surface area contributed by atoms with Crippen molar-refractivity contribution in [2.75, 3.05) is 13.6 Å². The molecule has 1 aromatic carbocycles. The Morgan fingerprint density at radius 3 is 3.17 bits per heavy atom. The highest BCUT2D eigenvalue weighted by molar-refractivity contribution is 6.30. The molecular weight excluding hydrogens is 246 g/mol. The van der Waals surface area contributed by atoms with E-state index in [1.807, 2.05) is 19.2 Å². The predicted molar refractivity (Wildman–Crippen MR) is 74.4 cm³/mol. The van der Waals surface area contributed by atoms with Gasteiger partial charge in [0.2, 0.25) is 0 Å². The summed E-state index contributed by atoms with van der Waals surface area (Å²) in [4.78, 5) is 0.